The van der Waals surface area contributed by atoms with E-state index >= 15 is 0 Å². The van der Waals surface area contributed by atoms with Gasteiger partial charge in [0.15, 0.2) is 11.5 Å². The Labute approximate surface area is 158 Å². The van der Waals surface area contributed by atoms with E-state index in [2.05, 4.69) is 4.72 Å². The fraction of sp³-hybridized carbons (Fsp3) is 0.222. The van der Waals surface area contributed by atoms with Gasteiger partial charge in [0.1, 0.15) is 5.75 Å². The van der Waals surface area contributed by atoms with Crippen LogP contribution in [0.5, 0.6) is 17.2 Å². The highest BCUT2D eigenvalue weighted by atomic mass is 35.5. The summed E-state index contributed by atoms with van der Waals surface area (Å²) in [5.74, 6) is 1.48. The molecule has 0 aromatic heterocycles. The molecule has 2 aromatic rings. The Kier molecular flexibility index (Phi) is 6.90. The molecule has 1 N–H and O–H groups in total. The number of rotatable bonds is 8. The first kappa shape index (κ1) is 20.1. The smallest absolute Gasteiger partial charge is 0.234 e. The fourth-order valence-electron chi connectivity index (χ4n) is 2.20. The third kappa shape index (κ3) is 5.39. The molecule has 0 aliphatic heterocycles. The molecule has 2 aromatic carbocycles. The van der Waals surface area contributed by atoms with E-state index in [1.807, 2.05) is 0 Å². The van der Waals surface area contributed by atoms with Crippen molar-refractivity contribution in [3.8, 4) is 17.2 Å². The molecular formula is C18H20ClNO5S. The van der Waals surface area contributed by atoms with Crippen LogP contribution >= 0.6 is 11.6 Å². The predicted octanol–water partition coefficient (Wildman–Crippen LogP) is 3.46. The number of ether oxygens (including phenoxy) is 3. The molecule has 0 aliphatic carbocycles. The Balaban J connectivity index is 2.14. The zero-order chi connectivity index (χ0) is 19.2. The number of sulfonamides is 1. The van der Waals surface area contributed by atoms with E-state index in [1.54, 1.807) is 36.4 Å². The van der Waals surface area contributed by atoms with Crippen molar-refractivity contribution < 1.29 is 22.6 Å². The normalized spacial score (nSPS) is 11.5. The van der Waals surface area contributed by atoms with Gasteiger partial charge in [-0.3, -0.25) is 0 Å². The van der Waals surface area contributed by atoms with Crippen molar-refractivity contribution in [1.82, 2.24) is 4.72 Å². The van der Waals surface area contributed by atoms with Gasteiger partial charge in [0.05, 0.1) is 21.3 Å². The number of nitrogens with one attached hydrogen (secondary N) is 1. The Bertz CT molecular complexity index is 879. The van der Waals surface area contributed by atoms with E-state index < -0.39 is 10.0 Å². The highest BCUT2D eigenvalue weighted by Crippen LogP contribution is 2.34. The van der Waals surface area contributed by atoms with Crippen LogP contribution in [0.15, 0.2) is 41.8 Å². The summed E-state index contributed by atoms with van der Waals surface area (Å²) in [5.41, 5.74) is 1.34. The van der Waals surface area contributed by atoms with Crippen molar-refractivity contribution in [3.63, 3.8) is 0 Å². The molecule has 0 fully saturated rings. The van der Waals surface area contributed by atoms with Crippen LogP contribution in [0.1, 0.15) is 11.1 Å². The van der Waals surface area contributed by atoms with Gasteiger partial charge < -0.3 is 14.2 Å². The van der Waals surface area contributed by atoms with Crippen LogP contribution < -0.4 is 18.9 Å². The lowest BCUT2D eigenvalue weighted by atomic mass is 10.1. The van der Waals surface area contributed by atoms with Gasteiger partial charge in [0.2, 0.25) is 10.0 Å². The Morgan fingerprint density at radius 1 is 0.962 bits per heavy atom. The van der Waals surface area contributed by atoms with Crippen LogP contribution in [0.3, 0.4) is 0 Å². The zero-order valence-corrected chi connectivity index (χ0v) is 16.2. The van der Waals surface area contributed by atoms with Crippen molar-refractivity contribution in [2.45, 2.75) is 6.54 Å². The summed E-state index contributed by atoms with van der Waals surface area (Å²) in [5, 5.41) is 1.69. The standard InChI is InChI=1S/C18H20ClNO5S/c1-23-16-11-18(25-3)17(24-2)10-14(16)12-20-26(21,22)9-8-13-4-6-15(19)7-5-13/h4-11,20H,12H2,1-3H3/b9-8+. The van der Waals surface area contributed by atoms with Crippen molar-refractivity contribution in [1.29, 1.82) is 0 Å². The molecule has 6 nitrogen and oxygen atoms in total. The van der Waals surface area contributed by atoms with Crippen molar-refractivity contribution in [2.75, 3.05) is 21.3 Å². The minimum Gasteiger partial charge on any atom is -0.496 e. The van der Waals surface area contributed by atoms with Gasteiger partial charge in [-0.2, -0.15) is 0 Å². The average Bonchev–Trinajstić information content (AvgIpc) is 2.65. The third-order valence-corrected chi connectivity index (χ3v) is 4.85. The molecule has 0 saturated carbocycles. The van der Waals surface area contributed by atoms with Gasteiger partial charge in [-0.1, -0.05) is 23.7 Å². The summed E-state index contributed by atoms with van der Waals surface area (Å²) >= 11 is 5.81. The van der Waals surface area contributed by atoms with Gasteiger partial charge in [-0.25, -0.2) is 13.1 Å². The second-order valence-electron chi connectivity index (χ2n) is 5.24. The number of hydrogen-bond acceptors (Lipinski definition) is 5. The van der Waals surface area contributed by atoms with Crippen molar-refractivity contribution in [3.05, 3.63) is 58.0 Å². The van der Waals surface area contributed by atoms with Gasteiger partial charge in [-0.05, 0) is 29.8 Å². The second-order valence-corrected chi connectivity index (χ2v) is 7.33. The number of benzene rings is 2. The summed E-state index contributed by atoms with van der Waals surface area (Å²) in [7, 11) is 0.882. The molecule has 0 radical (unpaired) electrons. The van der Waals surface area contributed by atoms with Crippen molar-refractivity contribution in [2.24, 2.45) is 0 Å². The van der Waals surface area contributed by atoms with Crippen LogP contribution in [-0.2, 0) is 16.6 Å². The molecule has 0 unspecified atom stereocenters. The Morgan fingerprint density at radius 2 is 1.54 bits per heavy atom. The van der Waals surface area contributed by atoms with E-state index in [0.717, 1.165) is 11.0 Å². The predicted molar refractivity (Wildman–Crippen MR) is 102 cm³/mol. The van der Waals surface area contributed by atoms with E-state index in [1.165, 1.54) is 27.4 Å². The maximum Gasteiger partial charge on any atom is 0.234 e. The lowest BCUT2D eigenvalue weighted by Crippen LogP contribution is -2.21. The third-order valence-electron chi connectivity index (χ3n) is 3.56. The quantitative estimate of drug-likeness (QED) is 0.738. The van der Waals surface area contributed by atoms with Crippen LogP contribution in [0.4, 0.5) is 0 Å². The molecule has 26 heavy (non-hydrogen) atoms. The molecular weight excluding hydrogens is 378 g/mol. The minimum absolute atomic E-state index is 0.0385. The lowest BCUT2D eigenvalue weighted by Gasteiger charge is -2.14. The SMILES string of the molecule is COc1cc(OC)c(OC)cc1CNS(=O)(=O)/C=C/c1ccc(Cl)cc1. The summed E-state index contributed by atoms with van der Waals surface area (Å²) in [6.07, 6.45) is 1.49. The second kappa shape index (κ2) is 8.93. The van der Waals surface area contributed by atoms with E-state index in [-0.39, 0.29) is 6.54 Å². The number of methoxy groups -OCH3 is 3. The van der Waals surface area contributed by atoms with Gasteiger partial charge in [-0.15, -0.1) is 0 Å². The van der Waals surface area contributed by atoms with Gasteiger partial charge in [0, 0.05) is 28.6 Å². The van der Waals surface area contributed by atoms with Gasteiger partial charge >= 0.3 is 0 Å². The first-order valence-corrected chi connectivity index (χ1v) is 9.53. The van der Waals surface area contributed by atoms with Gasteiger partial charge in [0.25, 0.3) is 0 Å². The fourth-order valence-corrected chi connectivity index (χ4v) is 3.11. The molecule has 0 saturated heterocycles. The minimum atomic E-state index is -3.64. The van der Waals surface area contributed by atoms with Crippen LogP contribution in [-0.4, -0.2) is 29.7 Å². The average molecular weight is 398 g/mol. The topological polar surface area (TPSA) is 73.9 Å². The zero-order valence-electron chi connectivity index (χ0n) is 14.7. The highest BCUT2D eigenvalue weighted by Gasteiger charge is 2.14. The summed E-state index contributed by atoms with van der Waals surface area (Å²) in [4.78, 5) is 0. The molecule has 0 bridgehead atoms. The van der Waals surface area contributed by atoms with Crippen molar-refractivity contribution >= 4 is 27.7 Å². The maximum absolute atomic E-state index is 12.2. The van der Waals surface area contributed by atoms with E-state index in [4.69, 9.17) is 25.8 Å². The van der Waals surface area contributed by atoms with E-state index in [0.29, 0.717) is 27.8 Å². The first-order chi connectivity index (χ1) is 12.4. The van der Waals surface area contributed by atoms with Crippen LogP contribution in [0.2, 0.25) is 5.02 Å². The first-order valence-electron chi connectivity index (χ1n) is 7.60. The van der Waals surface area contributed by atoms with Crippen LogP contribution in [0.25, 0.3) is 6.08 Å². The molecule has 0 heterocycles. The highest BCUT2D eigenvalue weighted by molar-refractivity contribution is 7.92. The summed E-state index contributed by atoms with van der Waals surface area (Å²) < 4.78 is 42.6. The monoisotopic (exact) mass is 397 g/mol. The maximum atomic E-state index is 12.2. The molecule has 0 aliphatic rings. The number of halogens is 1. The molecule has 140 valence electrons. The number of hydrogen-bond donors (Lipinski definition) is 1. The molecule has 8 heteroatoms. The molecule has 0 amide bonds. The summed E-state index contributed by atoms with van der Waals surface area (Å²) in [6.45, 7) is 0.0385. The largest absolute Gasteiger partial charge is 0.496 e. The Morgan fingerprint density at radius 3 is 2.12 bits per heavy atom. The van der Waals surface area contributed by atoms with Crippen LogP contribution in [0, 0.1) is 0 Å². The summed E-state index contributed by atoms with van der Waals surface area (Å²) in [6, 6.07) is 10.2. The molecule has 0 atom stereocenters. The lowest BCUT2D eigenvalue weighted by molar-refractivity contribution is 0.347. The van der Waals surface area contributed by atoms with E-state index in [9.17, 15) is 8.42 Å². The molecule has 0 spiro atoms. The molecule has 2 rings (SSSR count). The Hall–Kier alpha value is -2.22.